The van der Waals surface area contributed by atoms with Crippen LogP contribution < -0.4 is 5.32 Å². The molecule has 0 saturated carbocycles. The Hall–Kier alpha value is -2.05. The SMILES string of the molecule is O=C(C[C@@H]1C[C@H]2CN(Cc3ccco3)C[C@H]2O1)NCc1ccco1. The van der Waals surface area contributed by atoms with Crippen LogP contribution in [0, 0.1) is 5.92 Å². The summed E-state index contributed by atoms with van der Waals surface area (Å²) in [5.74, 6) is 2.29. The van der Waals surface area contributed by atoms with Gasteiger partial charge in [-0.1, -0.05) is 0 Å². The first-order valence-corrected chi connectivity index (χ1v) is 8.45. The average molecular weight is 330 g/mol. The highest BCUT2D eigenvalue weighted by atomic mass is 16.5. The van der Waals surface area contributed by atoms with Crippen LogP contribution in [0.4, 0.5) is 0 Å². The number of ether oxygens (including phenoxy) is 1. The maximum Gasteiger partial charge on any atom is 0.222 e. The van der Waals surface area contributed by atoms with Gasteiger partial charge in [0.05, 0.1) is 44.2 Å². The third-order valence-electron chi connectivity index (χ3n) is 4.80. The molecule has 3 atom stereocenters. The largest absolute Gasteiger partial charge is 0.468 e. The van der Waals surface area contributed by atoms with Gasteiger partial charge in [0.2, 0.25) is 5.91 Å². The quantitative estimate of drug-likeness (QED) is 0.879. The number of furan rings is 2. The van der Waals surface area contributed by atoms with E-state index in [1.807, 2.05) is 24.3 Å². The first-order valence-electron chi connectivity index (χ1n) is 8.45. The Morgan fingerprint density at radius 3 is 2.67 bits per heavy atom. The number of carbonyl (C=O) groups is 1. The fraction of sp³-hybridized carbons (Fsp3) is 0.500. The van der Waals surface area contributed by atoms with E-state index in [1.54, 1.807) is 12.5 Å². The van der Waals surface area contributed by atoms with E-state index in [0.29, 0.717) is 18.9 Å². The molecular formula is C18H22N2O4. The van der Waals surface area contributed by atoms with Gasteiger partial charge in [-0.05, 0) is 30.7 Å². The number of rotatable bonds is 6. The molecule has 2 aromatic heterocycles. The lowest BCUT2D eigenvalue weighted by atomic mass is 10.0. The molecule has 0 bridgehead atoms. The van der Waals surface area contributed by atoms with Gasteiger partial charge in [0.15, 0.2) is 0 Å². The normalized spacial score (nSPS) is 26.6. The summed E-state index contributed by atoms with van der Waals surface area (Å²) >= 11 is 0. The van der Waals surface area contributed by atoms with Gasteiger partial charge in [0.25, 0.3) is 0 Å². The predicted octanol–water partition coefficient (Wildman–Crippen LogP) is 2.17. The molecule has 0 aliphatic carbocycles. The van der Waals surface area contributed by atoms with Crippen molar-refractivity contribution in [1.29, 1.82) is 0 Å². The van der Waals surface area contributed by atoms with Crippen molar-refractivity contribution in [2.24, 2.45) is 5.92 Å². The van der Waals surface area contributed by atoms with Crippen LogP contribution in [0.1, 0.15) is 24.4 Å². The molecule has 0 radical (unpaired) electrons. The molecule has 1 N–H and O–H groups in total. The summed E-state index contributed by atoms with van der Waals surface area (Å²) in [4.78, 5) is 14.4. The number of hydrogen-bond donors (Lipinski definition) is 1. The zero-order valence-corrected chi connectivity index (χ0v) is 13.5. The Balaban J connectivity index is 1.20. The van der Waals surface area contributed by atoms with Gasteiger partial charge in [-0.15, -0.1) is 0 Å². The van der Waals surface area contributed by atoms with Gasteiger partial charge < -0.3 is 18.9 Å². The van der Waals surface area contributed by atoms with E-state index in [4.69, 9.17) is 13.6 Å². The summed E-state index contributed by atoms with van der Waals surface area (Å²) < 4.78 is 16.7. The molecule has 6 heteroatoms. The second-order valence-corrected chi connectivity index (χ2v) is 6.63. The summed E-state index contributed by atoms with van der Waals surface area (Å²) in [5, 5.41) is 2.88. The number of hydrogen-bond acceptors (Lipinski definition) is 5. The Labute approximate surface area is 140 Å². The highest BCUT2D eigenvalue weighted by Crippen LogP contribution is 2.34. The highest BCUT2D eigenvalue weighted by molar-refractivity contribution is 5.76. The summed E-state index contributed by atoms with van der Waals surface area (Å²) in [7, 11) is 0. The lowest BCUT2D eigenvalue weighted by Gasteiger charge is -2.17. The van der Waals surface area contributed by atoms with Crippen LogP contribution in [0.2, 0.25) is 0 Å². The van der Waals surface area contributed by atoms with E-state index in [9.17, 15) is 4.79 Å². The molecule has 2 aliphatic rings. The molecule has 2 saturated heterocycles. The van der Waals surface area contributed by atoms with Crippen LogP contribution in [0.25, 0.3) is 0 Å². The Bertz CT molecular complexity index is 639. The molecule has 24 heavy (non-hydrogen) atoms. The van der Waals surface area contributed by atoms with Crippen molar-refractivity contribution >= 4 is 5.91 Å². The van der Waals surface area contributed by atoms with E-state index in [-0.39, 0.29) is 18.1 Å². The van der Waals surface area contributed by atoms with E-state index in [2.05, 4.69) is 10.2 Å². The van der Waals surface area contributed by atoms with Gasteiger partial charge in [-0.3, -0.25) is 9.69 Å². The molecule has 0 aromatic carbocycles. The lowest BCUT2D eigenvalue weighted by Crippen LogP contribution is -2.29. The monoisotopic (exact) mass is 330 g/mol. The molecule has 4 heterocycles. The molecule has 128 valence electrons. The van der Waals surface area contributed by atoms with Crippen LogP contribution in [0.3, 0.4) is 0 Å². The lowest BCUT2D eigenvalue weighted by molar-refractivity contribution is -0.124. The Morgan fingerprint density at radius 2 is 1.96 bits per heavy atom. The fourth-order valence-corrected chi connectivity index (χ4v) is 3.71. The van der Waals surface area contributed by atoms with Crippen molar-refractivity contribution < 1.29 is 18.4 Å². The van der Waals surface area contributed by atoms with E-state index < -0.39 is 0 Å². The van der Waals surface area contributed by atoms with Crippen molar-refractivity contribution in [2.45, 2.75) is 38.1 Å². The van der Waals surface area contributed by atoms with E-state index in [0.717, 1.165) is 37.6 Å². The number of likely N-dealkylation sites (tertiary alicyclic amines) is 1. The van der Waals surface area contributed by atoms with Crippen molar-refractivity contribution in [3.8, 4) is 0 Å². The highest BCUT2D eigenvalue weighted by Gasteiger charge is 2.42. The van der Waals surface area contributed by atoms with Gasteiger partial charge in [-0.25, -0.2) is 0 Å². The standard InChI is InChI=1S/C18H22N2O4/c21-18(19-9-14-3-1-5-22-14)8-16-7-13-10-20(12-17(13)24-16)11-15-4-2-6-23-15/h1-6,13,16-17H,7-12H2,(H,19,21)/t13-,16-,17+/m0/s1. The predicted molar refractivity (Wildman–Crippen MR) is 85.9 cm³/mol. The van der Waals surface area contributed by atoms with Gasteiger partial charge in [-0.2, -0.15) is 0 Å². The number of amides is 1. The minimum Gasteiger partial charge on any atom is -0.468 e. The Morgan fingerprint density at radius 1 is 1.17 bits per heavy atom. The summed E-state index contributed by atoms with van der Waals surface area (Å²) in [5.41, 5.74) is 0. The molecule has 2 aromatic rings. The first-order chi connectivity index (χ1) is 11.8. The zero-order valence-electron chi connectivity index (χ0n) is 13.5. The van der Waals surface area contributed by atoms with Crippen molar-refractivity contribution in [3.05, 3.63) is 48.3 Å². The zero-order chi connectivity index (χ0) is 16.4. The van der Waals surface area contributed by atoms with Crippen LogP contribution in [-0.4, -0.2) is 36.1 Å². The topological polar surface area (TPSA) is 67.9 Å². The van der Waals surface area contributed by atoms with Crippen LogP contribution >= 0.6 is 0 Å². The summed E-state index contributed by atoms with van der Waals surface area (Å²) in [6.07, 6.45) is 4.96. The number of nitrogens with zero attached hydrogens (tertiary/aromatic N) is 1. The third-order valence-corrected chi connectivity index (χ3v) is 4.80. The molecule has 2 fully saturated rings. The van der Waals surface area contributed by atoms with Gasteiger partial charge in [0.1, 0.15) is 11.5 Å². The molecule has 1 amide bonds. The molecular weight excluding hydrogens is 308 g/mol. The van der Waals surface area contributed by atoms with E-state index >= 15 is 0 Å². The first kappa shape index (κ1) is 15.5. The molecule has 0 spiro atoms. The molecule has 2 aliphatic heterocycles. The summed E-state index contributed by atoms with van der Waals surface area (Å²) in [6.45, 7) is 3.19. The van der Waals surface area contributed by atoms with Gasteiger partial charge in [0, 0.05) is 19.0 Å². The third kappa shape index (κ3) is 3.55. The Kier molecular flexibility index (Phi) is 4.40. The van der Waals surface area contributed by atoms with Crippen LogP contribution in [0.5, 0.6) is 0 Å². The fourth-order valence-electron chi connectivity index (χ4n) is 3.71. The number of nitrogens with one attached hydrogen (secondary N) is 1. The number of fused-ring (bicyclic) bond motifs is 1. The van der Waals surface area contributed by atoms with Crippen molar-refractivity contribution in [3.63, 3.8) is 0 Å². The smallest absolute Gasteiger partial charge is 0.222 e. The average Bonchev–Trinajstić information content (AvgIpc) is 3.30. The van der Waals surface area contributed by atoms with Crippen molar-refractivity contribution in [2.75, 3.05) is 13.1 Å². The number of carbonyl (C=O) groups excluding carboxylic acids is 1. The molecule has 6 nitrogen and oxygen atoms in total. The van der Waals surface area contributed by atoms with Crippen molar-refractivity contribution in [1.82, 2.24) is 10.2 Å². The van der Waals surface area contributed by atoms with Crippen LogP contribution in [0.15, 0.2) is 45.6 Å². The second-order valence-electron chi connectivity index (χ2n) is 6.63. The minimum absolute atomic E-state index is 0.0174. The van der Waals surface area contributed by atoms with Crippen LogP contribution in [-0.2, 0) is 22.6 Å². The molecule has 0 unspecified atom stereocenters. The van der Waals surface area contributed by atoms with Gasteiger partial charge >= 0.3 is 0 Å². The maximum atomic E-state index is 12.0. The minimum atomic E-state index is 0.0174. The molecule has 4 rings (SSSR count). The maximum absolute atomic E-state index is 12.0. The van der Waals surface area contributed by atoms with E-state index in [1.165, 1.54) is 0 Å². The second kappa shape index (κ2) is 6.83. The summed E-state index contributed by atoms with van der Waals surface area (Å²) in [6, 6.07) is 7.59.